The van der Waals surface area contributed by atoms with E-state index >= 15 is 0 Å². The van der Waals surface area contributed by atoms with Gasteiger partial charge in [-0.05, 0) is 19.4 Å². The summed E-state index contributed by atoms with van der Waals surface area (Å²) in [6.45, 7) is 16.8. The van der Waals surface area contributed by atoms with E-state index in [-0.39, 0.29) is 0 Å². The molecule has 0 saturated heterocycles. The van der Waals surface area contributed by atoms with Gasteiger partial charge in [-0.1, -0.05) is 27.0 Å². The van der Waals surface area contributed by atoms with Gasteiger partial charge in [0, 0.05) is 18.4 Å². The van der Waals surface area contributed by atoms with Gasteiger partial charge in [0.1, 0.15) is 5.82 Å². The van der Waals surface area contributed by atoms with Gasteiger partial charge in [-0.25, -0.2) is 0 Å². The Kier molecular flexibility index (Phi) is 4.97. The highest BCUT2D eigenvalue weighted by Crippen LogP contribution is 2.15. The van der Waals surface area contributed by atoms with Crippen LogP contribution in [0.15, 0.2) is 36.4 Å². The first-order valence-corrected chi connectivity index (χ1v) is 4.75. The topological polar surface area (TPSA) is 15.3 Å². The Labute approximate surface area is 81.6 Å². The van der Waals surface area contributed by atoms with Crippen molar-refractivity contribution < 1.29 is 0 Å². The Morgan fingerprint density at radius 3 is 2.38 bits per heavy atom. The highest BCUT2D eigenvalue weighted by molar-refractivity contribution is 5.31. The molecule has 1 rings (SSSR count). The van der Waals surface area contributed by atoms with Crippen LogP contribution in [0.2, 0.25) is 0 Å². The zero-order valence-corrected chi connectivity index (χ0v) is 9.15. The molecule has 1 N–H and O–H groups in total. The molecule has 0 unspecified atom stereocenters. The fourth-order valence-electron chi connectivity index (χ4n) is 1.02. The second kappa shape index (κ2) is 5.46. The summed E-state index contributed by atoms with van der Waals surface area (Å²) in [5.74, 6) is 0.906. The summed E-state index contributed by atoms with van der Waals surface area (Å²) in [5.41, 5.74) is 2.11. The number of nitrogens with one attached hydrogen (secondary N) is 1. The van der Waals surface area contributed by atoms with Crippen molar-refractivity contribution in [3.63, 3.8) is 0 Å². The normalized spacial score (nSPS) is 15.7. The van der Waals surface area contributed by atoms with Gasteiger partial charge in [0.15, 0.2) is 0 Å². The zero-order valence-electron chi connectivity index (χ0n) is 9.15. The lowest BCUT2D eigenvalue weighted by atomic mass is 10.2. The minimum absolute atomic E-state index is 0.906. The molecule has 0 aromatic rings. The van der Waals surface area contributed by atoms with Crippen molar-refractivity contribution in [2.24, 2.45) is 0 Å². The molecule has 2 nitrogen and oxygen atoms in total. The van der Waals surface area contributed by atoms with Gasteiger partial charge in [-0.15, -0.1) is 0 Å². The SMILES string of the molecule is C=C1NC(=C)N(CC)C=C1C.CC. The molecule has 0 spiro atoms. The Hall–Kier alpha value is -1.18. The third-order valence-electron chi connectivity index (χ3n) is 1.81. The predicted molar refractivity (Wildman–Crippen MR) is 58.9 cm³/mol. The number of hydrogen-bond acceptors (Lipinski definition) is 2. The lowest BCUT2D eigenvalue weighted by Gasteiger charge is -2.29. The average Bonchev–Trinajstić information content (AvgIpc) is 2.15. The Morgan fingerprint density at radius 2 is 1.92 bits per heavy atom. The maximum atomic E-state index is 3.86. The average molecular weight is 180 g/mol. The van der Waals surface area contributed by atoms with Gasteiger partial charge < -0.3 is 10.2 Å². The van der Waals surface area contributed by atoms with Gasteiger partial charge >= 0.3 is 0 Å². The summed E-state index contributed by atoms with van der Waals surface area (Å²) >= 11 is 0. The molecule has 0 aromatic carbocycles. The number of allylic oxidation sites excluding steroid dienone is 1. The van der Waals surface area contributed by atoms with Gasteiger partial charge in [0.2, 0.25) is 0 Å². The second-order valence-electron chi connectivity index (χ2n) is 2.65. The maximum Gasteiger partial charge on any atom is 0.102 e. The first-order chi connectivity index (χ1) is 6.15. The minimum Gasteiger partial charge on any atom is -0.342 e. The Bertz CT molecular complexity index is 226. The van der Waals surface area contributed by atoms with E-state index in [0.717, 1.165) is 18.1 Å². The second-order valence-corrected chi connectivity index (χ2v) is 2.65. The van der Waals surface area contributed by atoms with Crippen LogP contribution in [0.5, 0.6) is 0 Å². The third-order valence-corrected chi connectivity index (χ3v) is 1.81. The standard InChI is InChI=1S/C9H14N2.C2H6/c1-5-11-6-7(2)8(3)10-9(11)4;1-2/h6,10H,3-5H2,1-2H3;1-2H3. The van der Waals surface area contributed by atoms with Gasteiger partial charge in [-0.2, -0.15) is 0 Å². The van der Waals surface area contributed by atoms with Crippen molar-refractivity contribution in [3.8, 4) is 0 Å². The molecule has 13 heavy (non-hydrogen) atoms. The van der Waals surface area contributed by atoms with E-state index in [9.17, 15) is 0 Å². The van der Waals surface area contributed by atoms with Crippen LogP contribution in [0.25, 0.3) is 0 Å². The highest BCUT2D eigenvalue weighted by atomic mass is 15.2. The van der Waals surface area contributed by atoms with Crippen molar-refractivity contribution in [1.29, 1.82) is 0 Å². The molecule has 0 atom stereocenters. The summed E-state index contributed by atoms with van der Waals surface area (Å²) in [6, 6.07) is 0. The van der Waals surface area contributed by atoms with Crippen LogP contribution in [-0.4, -0.2) is 11.4 Å². The van der Waals surface area contributed by atoms with Crippen LogP contribution >= 0.6 is 0 Å². The zero-order chi connectivity index (χ0) is 10.4. The van der Waals surface area contributed by atoms with Gasteiger partial charge in [0.25, 0.3) is 0 Å². The molecule has 0 amide bonds. The molecule has 0 fully saturated rings. The fraction of sp³-hybridized carbons (Fsp3) is 0.455. The molecule has 0 aromatic heterocycles. The molecule has 1 aliphatic heterocycles. The molecule has 1 aliphatic rings. The van der Waals surface area contributed by atoms with E-state index in [4.69, 9.17) is 0 Å². The van der Waals surface area contributed by atoms with Gasteiger partial charge in [0.05, 0.1) is 0 Å². The predicted octanol–water partition coefficient (Wildman–Crippen LogP) is 2.83. The maximum absolute atomic E-state index is 3.86. The van der Waals surface area contributed by atoms with Crippen LogP contribution in [0.1, 0.15) is 27.7 Å². The largest absolute Gasteiger partial charge is 0.342 e. The molecule has 0 aliphatic carbocycles. The van der Waals surface area contributed by atoms with Crippen molar-refractivity contribution in [2.45, 2.75) is 27.7 Å². The minimum atomic E-state index is 0.906. The summed E-state index contributed by atoms with van der Waals surface area (Å²) in [6.07, 6.45) is 2.06. The van der Waals surface area contributed by atoms with E-state index in [0.29, 0.717) is 0 Å². The monoisotopic (exact) mass is 180 g/mol. The van der Waals surface area contributed by atoms with Crippen LogP contribution in [0.3, 0.4) is 0 Å². The van der Waals surface area contributed by atoms with E-state index < -0.39 is 0 Å². The fourth-order valence-corrected chi connectivity index (χ4v) is 1.02. The summed E-state index contributed by atoms with van der Waals surface area (Å²) in [4.78, 5) is 2.06. The first kappa shape index (κ1) is 11.8. The van der Waals surface area contributed by atoms with Crippen molar-refractivity contribution in [3.05, 3.63) is 36.4 Å². The lowest BCUT2D eigenvalue weighted by molar-refractivity contribution is 0.446. The molecule has 74 valence electrons. The van der Waals surface area contributed by atoms with E-state index in [1.54, 1.807) is 0 Å². The van der Waals surface area contributed by atoms with Crippen molar-refractivity contribution in [2.75, 3.05) is 6.54 Å². The first-order valence-electron chi connectivity index (χ1n) is 4.75. The smallest absolute Gasteiger partial charge is 0.102 e. The molecule has 2 heteroatoms. The molecule has 1 heterocycles. The molecule has 0 saturated carbocycles. The van der Waals surface area contributed by atoms with Gasteiger partial charge in [-0.3, -0.25) is 0 Å². The quantitative estimate of drug-likeness (QED) is 0.667. The van der Waals surface area contributed by atoms with Crippen LogP contribution in [0, 0.1) is 0 Å². The molecule has 0 radical (unpaired) electrons. The molecular formula is C11H20N2. The van der Waals surface area contributed by atoms with Crippen molar-refractivity contribution >= 4 is 0 Å². The van der Waals surface area contributed by atoms with E-state index in [2.05, 4.69) is 36.5 Å². The Morgan fingerprint density at radius 1 is 1.38 bits per heavy atom. The summed E-state index contributed by atoms with van der Waals surface area (Å²) < 4.78 is 0. The summed E-state index contributed by atoms with van der Waals surface area (Å²) in [7, 11) is 0. The summed E-state index contributed by atoms with van der Waals surface area (Å²) in [5, 5.41) is 3.10. The number of rotatable bonds is 1. The van der Waals surface area contributed by atoms with Crippen LogP contribution < -0.4 is 5.32 Å². The van der Waals surface area contributed by atoms with E-state index in [1.165, 1.54) is 5.57 Å². The van der Waals surface area contributed by atoms with Crippen molar-refractivity contribution in [1.82, 2.24) is 10.2 Å². The number of nitrogens with zero attached hydrogens (tertiary/aromatic N) is 1. The number of hydrogen-bond donors (Lipinski definition) is 1. The van der Waals surface area contributed by atoms with Crippen LogP contribution in [0.4, 0.5) is 0 Å². The molecule has 0 bridgehead atoms. The Balaban J connectivity index is 0.000000671. The van der Waals surface area contributed by atoms with Crippen LogP contribution in [-0.2, 0) is 0 Å². The lowest BCUT2D eigenvalue weighted by Crippen LogP contribution is -2.31. The molecular weight excluding hydrogens is 160 g/mol. The highest BCUT2D eigenvalue weighted by Gasteiger charge is 2.10. The third kappa shape index (κ3) is 2.98. The van der Waals surface area contributed by atoms with E-state index in [1.807, 2.05) is 20.8 Å².